The number of hydrogen-bond donors (Lipinski definition) is 1. The molecule has 2 aromatic rings. The molecule has 2 fully saturated rings. The molecule has 2 saturated carbocycles. The van der Waals surface area contributed by atoms with Gasteiger partial charge < -0.3 is 5.32 Å². The van der Waals surface area contributed by atoms with Crippen LogP contribution in [-0.4, -0.2) is 27.5 Å². The fourth-order valence-electron chi connectivity index (χ4n) is 4.56. The molecule has 4 nitrogen and oxygen atoms in total. The van der Waals surface area contributed by atoms with Gasteiger partial charge in [-0.2, -0.15) is 31.4 Å². The van der Waals surface area contributed by atoms with Gasteiger partial charge in [0.1, 0.15) is 5.69 Å². The van der Waals surface area contributed by atoms with Crippen molar-refractivity contribution in [2.24, 2.45) is 13.0 Å². The molecule has 0 bridgehead atoms. The highest BCUT2D eigenvalue weighted by molar-refractivity contribution is 5.91. The van der Waals surface area contributed by atoms with E-state index in [1.807, 2.05) is 0 Å². The van der Waals surface area contributed by atoms with Gasteiger partial charge in [-0.1, -0.05) is 36.8 Å². The van der Waals surface area contributed by atoms with Crippen molar-refractivity contribution in [3.8, 4) is 0 Å². The molecule has 0 atom stereocenters. The Labute approximate surface area is 181 Å². The molecule has 0 saturated heterocycles. The summed E-state index contributed by atoms with van der Waals surface area (Å²) in [5.74, 6) is -14.0. The number of aryl methyl sites for hydroxylation is 1. The highest BCUT2D eigenvalue weighted by atomic mass is 19.3. The molecule has 0 spiro atoms. The molecule has 1 amide bonds. The van der Waals surface area contributed by atoms with E-state index in [9.17, 15) is 22.4 Å². The molecular weight excluding hydrogens is 436 g/mol. The topological polar surface area (TPSA) is 46.9 Å². The van der Waals surface area contributed by atoms with Gasteiger partial charge >= 0.3 is 17.8 Å². The van der Waals surface area contributed by atoms with Gasteiger partial charge in [0.05, 0.1) is 0 Å². The second-order valence-corrected chi connectivity index (χ2v) is 8.74. The van der Waals surface area contributed by atoms with E-state index in [-0.39, 0.29) is 28.6 Å². The Kier molecular flexibility index (Phi) is 5.53. The molecule has 10 heteroatoms. The second kappa shape index (κ2) is 7.81. The van der Waals surface area contributed by atoms with Crippen LogP contribution < -0.4 is 5.32 Å². The van der Waals surface area contributed by atoms with E-state index in [0.717, 1.165) is 11.1 Å². The van der Waals surface area contributed by atoms with Gasteiger partial charge in [-0.3, -0.25) is 9.48 Å². The first-order valence-electron chi connectivity index (χ1n) is 10.5. The Morgan fingerprint density at radius 3 is 2.25 bits per heavy atom. The molecule has 0 radical (unpaired) electrons. The predicted molar refractivity (Wildman–Crippen MR) is 105 cm³/mol. The van der Waals surface area contributed by atoms with Crippen molar-refractivity contribution in [3.63, 3.8) is 0 Å². The highest BCUT2D eigenvalue weighted by Gasteiger charge is 2.63. The molecule has 0 unspecified atom stereocenters. The Morgan fingerprint density at radius 1 is 1.12 bits per heavy atom. The number of carbonyl (C=O) groups excluding carboxylic acids is 1. The van der Waals surface area contributed by atoms with Crippen LogP contribution in [0.1, 0.15) is 61.3 Å². The summed E-state index contributed by atoms with van der Waals surface area (Å²) >= 11 is 0. The molecule has 2 aliphatic carbocycles. The summed E-state index contributed by atoms with van der Waals surface area (Å²) in [5, 5.41) is 6.52. The lowest BCUT2D eigenvalue weighted by atomic mass is 9.78. The number of benzene rings is 1. The van der Waals surface area contributed by atoms with Crippen molar-refractivity contribution in [1.29, 1.82) is 0 Å². The molecule has 0 aliphatic heterocycles. The number of alkyl halides is 6. The second-order valence-electron chi connectivity index (χ2n) is 8.74. The van der Waals surface area contributed by atoms with Crippen molar-refractivity contribution in [2.75, 3.05) is 5.32 Å². The molecule has 1 aromatic heterocycles. The number of hydrogen-bond acceptors (Lipinski definition) is 2. The maximum absolute atomic E-state index is 15.4. The summed E-state index contributed by atoms with van der Waals surface area (Å²) in [6.45, 7) is 0. The number of aromatic nitrogens is 2. The minimum absolute atomic E-state index is 0.0654. The summed E-state index contributed by atoms with van der Waals surface area (Å²) in [6.07, 6.45) is -0.613. The Morgan fingerprint density at radius 2 is 1.72 bits per heavy atom. The van der Waals surface area contributed by atoms with Crippen LogP contribution in [0.25, 0.3) is 0 Å². The van der Waals surface area contributed by atoms with E-state index in [1.54, 1.807) is 6.07 Å². The lowest BCUT2D eigenvalue weighted by molar-refractivity contribution is -0.185. The van der Waals surface area contributed by atoms with Crippen LogP contribution in [0.15, 0.2) is 30.3 Å². The molecule has 174 valence electrons. The highest BCUT2D eigenvalue weighted by Crippen LogP contribution is 2.52. The fourth-order valence-corrected chi connectivity index (χ4v) is 4.56. The van der Waals surface area contributed by atoms with Crippen molar-refractivity contribution < 1.29 is 31.1 Å². The Balaban J connectivity index is 1.60. The van der Waals surface area contributed by atoms with E-state index in [4.69, 9.17) is 0 Å². The number of anilines is 1. The molecule has 4 rings (SSSR count). The molecule has 32 heavy (non-hydrogen) atoms. The first-order chi connectivity index (χ1) is 14.9. The molecular formula is C22H23F6N3O. The monoisotopic (exact) mass is 459 g/mol. The smallest absolute Gasteiger partial charge is 0.309 e. The third kappa shape index (κ3) is 3.88. The van der Waals surface area contributed by atoms with Gasteiger partial charge in [-0.15, -0.1) is 0 Å². The minimum Gasteiger partial charge on any atom is -0.309 e. The van der Waals surface area contributed by atoms with Crippen molar-refractivity contribution in [3.05, 3.63) is 47.2 Å². The average Bonchev–Trinajstić information content (AvgIpc) is 3.06. The molecule has 1 aromatic carbocycles. The SMILES string of the molecule is Cn1nc(NC(=O)CC2CC(F)(F)C(F)(F)C2)c(C2CCC2)c1C(F)(F)c1ccccc1. The van der Waals surface area contributed by atoms with Gasteiger partial charge in [0.15, 0.2) is 5.82 Å². The zero-order valence-corrected chi connectivity index (χ0v) is 17.4. The predicted octanol–water partition coefficient (Wildman–Crippen LogP) is 5.84. The fraction of sp³-hybridized carbons (Fsp3) is 0.545. The van der Waals surface area contributed by atoms with Gasteiger partial charge in [0.2, 0.25) is 5.91 Å². The number of nitrogens with one attached hydrogen (secondary N) is 1. The van der Waals surface area contributed by atoms with E-state index < -0.39 is 48.9 Å². The van der Waals surface area contributed by atoms with Crippen LogP contribution in [0.2, 0.25) is 0 Å². The maximum atomic E-state index is 15.4. The standard InChI is InChI=1S/C22H23F6N3O/c1-31-18(22(27,28)15-8-3-2-4-9-15)17(14-6-5-7-14)19(30-31)29-16(32)10-13-11-20(23,24)21(25,26)12-13/h2-4,8-9,13-14H,5-7,10-12H2,1H3,(H,29,30,32). The van der Waals surface area contributed by atoms with E-state index in [1.165, 1.54) is 31.3 Å². The molecule has 1 N–H and O–H groups in total. The van der Waals surface area contributed by atoms with Crippen molar-refractivity contribution in [2.45, 2.75) is 62.2 Å². The summed E-state index contributed by atoms with van der Waals surface area (Å²) in [5.41, 5.74) is -0.359. The number of carbonyl (C=O) groups is 1. The quantitative estimate of drug-likeness (QED) is 0.552. The van der Waals surface area contributed by atoms with Gasteiger partial charge in [-0.25, -0.2) is 0 Å². The zero-order valence-electron chi connectivity index (χ0n) is 17.4. The Hall–Kier alpha value is -2.52. The van der Waals surface area contributed by atoms with Crippen molar-refractivity contribution in [1.82, 2.24) is 9.78 Å². The lowest BCUT2D eigenvalue weighted by Crippen LogP contribution is -2.33. The summed E-state index contributed by atoms with van der Waals surface area (Å²) in [6, 6.07) is 7.22. The van der Waals surface area contributed by atoms with E-state index in [2.05, 4.69) is 10.4 Å². The minimum atomic E-state index is -4.16. The number of nitrogens with zero attached hydrogens (tertiary/aromatic N) is 2. The summed E-state index contributed by atoms with van der Waals surface area (Å²) in [4.78, 5) is 12.5. The van der Waals surface area contributed by atoms with Crippen LogP contribution >= 0.6 is 0 Å². The number of rotatable bonds is 6. The summed E-state index contributed by atoms with van der Waals surface area (Å²) in [7, 11) is 1.35. The third-order valence-electron chi connectivity index (χ3n) is 6.39. The first-order valence-corrected chi connectivity index (χ1v) is 10.5. The van der Waals surface area contributed by atoms with E-state index >= 15 is 8.78 Å². The maximum Gasteiger partial charge on any atom is 0.314 e. The van der Waals surface area contributed by atoms with Crippen LogP contribution in [-0.2, 0) is 17.8 Å². The number of amides is 1. The van der Waals surface area contributed by atoms with Crippen molar-refractivity contribution >= 4 is 11.7 Å². The average molecular weight is 459 g/mol. The zero-order chi connectivity index (χ0) is 23.3. The largest absolute Gasteiger partial charge is 0.314 e. The first kappa shape index (κ1) is 22.7. The normalized spacial score (nSPS) is 20.8. The molecule has 2 aliphatic rings. The van der Waals surface area contributed by atoms with Crippen LogP contribution in [0.3, 0.4) is 0 Å². The Bertz CT molecular complexity index is 985. The lowest BCUT2D eigenvalue weighted by Gasteiger charge is -2.29. The van der Waals surface area contributed by atoms with Gasteiger partial charge in [-0.05, 0) is 24.7 Å². The van der Waals surface area contributed by atoms with Gasteiger partial charge in [0.25, 0.3) is 0 Å². The summed E-state index contributed by atoms with van der Waals surface area (Å²) < 4.78 is 85.7. The molecule has 1 heterocycles. The van der Waals surface area contributed by atoms with Gasteiger partial charge in [0, 0.05) is 37.4 Å². The number of halogens is 6. The van der Waals surface area contributed by atoms with Crippen LogP contribution in [0, 0.1) is 5.92 Å². The van der Waals surface area contributed by atoms with E-state index in [0.29, 0.717) is 12.8 Å². The van der Waals surface area contributed by atoms with Crippen LogP contribution in [0.5, 0.6) is 0 Å². The third-order valence-corrected chi connectivity index (χ3v) is 6.39. The van der Waals surface area contributed by atoms with Crippen LogP contribution in [0.4, 0.5) is 32.2 Å².